The SMILES string of the molecule is C=C/C=C\C(=C(/C)Cc1ccc(-c2cccc(C)c2)cc1)c1c(C)ccc2c1c1c3c(ccc1n2-c1ccccc1)-c1ccccc1C3(C)C. The van der Waals surface area contributed by atoms with E-state index < -0.39 is 0 Å². The van der Waals surface area contributed by atoms with E-state index in [0.29, 0.717) is 0 Å². The van der Waals surface area contributed by atoms with Crippen molar-refractivity contribution in [1.82, 2.24) is 4.57 Å². The van der Waals surface area contributed by atoms with Crippen molar-refractivity contribution in [3.05, 3.63) is 191 Å². The van der Waals surface area contributed by atoms with Gasteiger partial charge in [0.15, 0.2) is 0 Å². The van der Waals surface area contributed by atoms with Crippen molar-refractivity contribution >= 4 is 27.4 Å². The number of rotatable bonds is 7. The second kappa shape index (κ2) is 12.3. The summed E-state index contributed by atoms with van der Waals surface area (Å²) < 4.78 is 2.47. The fraction of sp³-hybridized carbons (Fsp3) is 0.143. The summed E-state index contributed by atoms with van der Waals surface area (Å²) in [6.07, 6.45) is 7.12. The van der Waals surface area contributed by atoms with E-state index in [1.807, 2.05) is 6.08 Å². The van der Waals surface area contributed by atoms with E-state index in [9.17, 15) is 0 Å². The van der Waals surface area contributed by atoms with Crippen LogP contribution in [0.3, 0.4) is 0 Å². The molecule has 1 aliphatic rings. The Balaban J connectivity index is 1.40. The van der Waals surface area contributed by atoms with Gasteiger partial charge in [-0.3, -0.25) is 0 Å². The summed E-state index contributed by atoms with van der Waals surface area (Å²) in [6.45, 7) is 15.6. The third-order valence-corrected chi connectivity index (χ3v) is 10.7. The minimum Gasteiger partial charge on any atom is -0.309 e. The van der Waals surface area contributed by atoms with E-state index in [-0.39, 0.29) is 5.41 Å². The number of hydrogen-bond donors (Lipinski definition) is 0. The van der Waals surface area contributed by atoms with Crippen molar-refractivity contribution in [3.8, 4) is 27.9 Å². The molecular weight excluding hydrogens is 603 g/mol. The third-order valence-electron chi connectivity index (χ3n) is 10.7. The first-order valence-corrected chi connectivity index (χ1v) is 17.7. The van der Waals surface area contributed by atoms with Gasteiger partial charge in [0.1, 0.15) is 0 Å². The maximum Gasteiger partial charge on any atom is 0.0547 e. The van der Waals surface area contributed by atoms with Crippen LogP contribution < -0.4 is 0 Å². The molecule has 1 aromatic heterocycles. The Hall–Kier alpha value is -5.66. The molecule has 0 amide bonds. The molecule has 0 unspecified atom stereocenters. The van der Waals surface area contributed by atoms with Crippen molar-refractivity contribution in [2.24, 2.45) is 0 Å². The van der Waals surface area contributed by atoms with Gasteiger partial charge < -0.3 is 4.57 Å². The highest BCUT2D eigenvalue weighted by Crippen LogP contribution is 2.54. The molecule has 50 heavy (non-hydrogen) atoms. The second-order valence-corrected chi connectivity index (χ2v) is 14.4. The summed E-state index contributed by atoms with van der Waals surface area (Å²) >= 11 is 0. The van der Waals surface area contributed by atoms with Crippen LogP contribution in [0, 0.1) is 13.8 Å². The summed E-state index contributed by atoms with van der Waals surface area (Å²) in [5.74, 6) is 0. The van der Waals surface area contributed by atoms with Crippen molar-refractivity contribution in [2.75, 3.05) is 0 Å². The number of aromatic nitrogens is 1. The Morgan fingerprint density at radius 3 is 2.18 bits per heavy atom. The van der Waals surface area contributed by atoms with E-state index in [1.54, 1.807) is 0 Å². The Kier molecular flexibility index (Phi) is 7.80. The standard InChI is InChI=1S/C49H43N/c1-7-8-19-39(34(4)31-35-23-25-36(26-24-35)37-16-14-15-32(2)30-37)45-33(3)22-28-43-46(45)47-44(50(43)38-17-10-9-11-18-38)29-27-41-40-20-12-13-21-42(40)49(5,6)48(41)47/h7-30H,1,31H2,2-6H3/b19-8-,39-34-. The quantitative estimate of drug-likeness (QED) is 0.152. The lowest BCUT2D eigenvalue weighted by Gasteiger charge is -2.23. The van der Waals surface area contributed by atoms with E-state index in [2.05, 4.69) is 185 Å². The van der Waals surface area contributed by atoms with Crippen LogP contribution >= 0.6 is 0 Å². The van der Waals surface area contributed by atoms with Crippen LogP contribution in [0.4, 0.5) is 0 Å². The minimum absolute atomic E-state index is 0.156. The third kappa shape index (κ3) is 5.08. The molecule has 1 heteroatoms. The Morgan fingerprint density at radius 2 is 1.42 bits per heavy atom. The molecular formula is C49H43N. The first kappa shape index (κ1) is 31.6. The summed E-state index contributed by atoms with van der Waals surface area (Å²) in [4.78, 5) is 0. The van der Waals surface area contributed by atoms with E-state index in [0.717, 1.165) is 6.42 Å². The fourth-order valence-electron chi connectivity index (χ4n) is 8.41. The first-order valence-electron chi connectivity index (χ1n) is 17.7. The van der Waals surface area contributed by atoms with Crippen molar-refractivity contribution < 1.29 is 0 Å². The maximum absolute atomic E-state index is 4.07. The maximum atomic E-state index is 4.07. The van der Waals surface area contributed by atoms with Gasteiger partial charge in [-0.15, -0.1) is 0 Å². The molecule has 0 saturated carbocycles. The monoisotopic (exact) mass is 645 g/mol. The molecule has 7 aromatic rings. The molecule has 244 valence electrons. The summed E-state index contributed by atoms with van der Waals surface area (Å²) in [7, 11) is 0. The zero-order valence-corrected chi connectivity index (χ0v) is 29.7. The topological polar surface area (TPSA) is 4.93 Å². The van der Waals surface area contributed by atoms with Crippen LogP contribution in [0.5, 0.6) is 0 Å². The van der Waals surface area contributed by atoms with Gasteiger partial charge in [-0.05, 0) is 107 Å². The number of allylic oxidation sites excluding steroid dienone is 5. The molecule has 0 bridgehead atoms. The number of benzene rings is 6. The second-order valence-electron chi connectivity index (χ2n) is 14.4. The molecule has 0 saturated heterocycles. The van der Waals surface area contributed by atoms with Gasteiger partial charge in [0.25, 0.3) is 0 Å². The largest absolute Gasteiger partial charge is 0.309 e. The number of para-hydroxylation sites is 1. The van der Waals surface area contributed by atoms with Gasteiger partial charge in [-0.1, -0.05) is 153 Å². The Morgan fingerprint density at radius 1 is 0.700 bits per heavy atom. The Bertz CT molecular complexity index is 2500. The molecule has 0 aliphatic heterocycles. The molecule has 0 radical (unpaired) electrons. The van der Waals surface area contributed by atoms with Crippen LogP contribution in [0.25, 0.3) is 55.3 Å². The van der Waals surface area contributed by atoms with Gasteiger partial charge in [-0.25, -0.2) is 0 Å². The molecule has 8 rings (SSSR count). The number of hydrogen-bond acceptors (Lipinski definition) is 0. The average Bonchev–Trinajstić information content (AvgIpc) is 3.58. The molecule has 1 aliphatic carbocycles. The number of nitrogens with zero attached hydrogens (tertiary/aromatic N) is 1. The zero-order chi connectivity index (χ0) is 34.6. The first-order chi connectivity index (χ1) is 24.3. The summed E-state index contributed by atoms with van der Waals surface area (Å²) in [6, 6.07) is 47.0. The lowest BCUT2D eigenvalue weighted by molar-refractivity contribution is 0.666. The molecule has 1 heterocycles. The van der Waals surface area contributed by atoms with Crippen LogP contribution in [0.1, 0.15) is 54.2 Å². The van der Waals surface area contributed by atoms with Crippen LogP contribution in [-0.2, 0) is 11.8 Å². The van der Waals surface area contributed by atoms with Crippen LogP contribution in [-0.4, -0.2) is 4.57 Å². The van der Waals surface area contributed by atoms with E-state index in [4.69, 9.17) is 0 Å². The molecule has 6 aromatic carbocycles. The van der Waals surface area contributed by atoms with Crippen molar-refractivity contribution in [1.29, 1.82) is 0 Å². The normalized spacial score (nSPS) is 13.9. The molecule has 0 fully saturated rings. The van der Waals surface area contributed by atoms with Gasteiger partial charge in [0.05, 0.1) is 11.0 Å². The van der Waals surface area contributed by atoms with Gasteiger partial charge >= 0.3 is 0 Å². The predicted molar refractivity (Wildman–Crippen MR) is 215 cm³/mol. The zero-order valence-electron chi connectivity index (χ0n) is 29.7. The highest BCUT2D eigenvalue weighted by atomic mass is 15.0. The van der Waals surface area contributed by atoms with Gasteiger partial charge in [0.2, 0.25) is 0 Å². The molecule has 1 nitrogen and oxygen atoms in total. The van der Waals surface area contributed by atoms with Crippen molar-refractivity contribution in [3.63, 3.8) is 0 Å². The van der Waals surface area contributed by atoms with Gasteiger partial charge in [-0.2, -0.15) is 0 Å². The predicted octanol–water partition coefficient (Wildman–Crippen LogP) is 13.1. The average molecular weight is 646 g/mol. The summed E-state index contributed by atoms with van der Waals surface area (Å²) in [5, 5.41) is 2.67. The minimum atomic E-state index is -0.156. The van der Waals surface area contributed by atoms with Crippen LogP contribution in [0.2, 0.25) is 0 Å². The molecule has 0 spiro atoms. The molecule has 0 atom stereocenters. The molecule has 0 N–H and O–H groups in total. The van der Waals surface area contributed by atoms with Crippen LogP contribution in [0.15, 0.2) is 158 Å². The lowest BCUT2D eigenvalue weighted by atomic mass is 9.79. The van der Waals surface area contributed by atoms with E-state index >= 15 is 0 Å². The smallest absolute Gasteiger partial charge is 0.0547 e. The highest BCUT2D eigenvalue weighted by molar-refractivity contribution is 6.19. The number of aryl methyl sites for hydroxylation is 2. The highest BCUT2D eigenvalue weighted by Gasteiger charge is 2.38. The fourth-order valence-corrected chi connectivity index (χ4v) is 8.41. The van der Waals surface area contributed by atoms with Crippen molar-refractivity contribution in [2.45, 2.75) is 46.5 Å². The van der Waals surface area contributed by atoms with Gasteiger partial charge in [0, 0.05) is 21.9 Å². The lowest BCUT2D eigenvalue weighted by Crippen LogP contribution is -2.15. The summed E-state index contributed by atoms with van der Waals surface area (Å²) in [5.41, 5.74) is 19.2. The van der Waals surface area contributed by atoms with E-state index in [1.165, 1.54) is 94.3 Å². The number of fused-ring (bicyclic) bond motifs is 7. The Labute approximate surface area is 296 Å².